The lowest BCUT2D eigenvalue weighted by Crippen LogP contribution is -2.52. The summed E-state index contributed by atoms with van der Waals surface area (Å²) in [7, 11) is 0. The van der Waals surface area contributed by atoms with Crippen molar-refractivity contribution >= 4 is 23.1 Å². The van der Waals surface area contributed by atoms with Gasteiger partial charge in [0, 0.05) is 38.9 Å². The summed E-state index contributed by atoms with van der Waals surface area (Å²) in [6.07, 6.45) is 1.84. The molecule has 2 heterocycles. The van der Waals surface area contributed by atoms with Gasteiger partial charge in [-0.1, -0.05) is 19.9 Å². The fraction of sp³-hybridized carbons (Fsp3) is 0.571. The van der Waals surface area contributed by atoms with Crippen molar-refractivity contribution in [1.29, 1.82) is 0 Å². The van der Waals surface area contributed by atoms with Crippen molar-refractivity contribution in [2.75, 3.05) is 37.6 Å². The fourth-order valence-corrected chi connectivity index (χ4v) is 2.35. The molecule has 0 radical (unpaired) electrons. The Kier molecular flexibility index (Phi) is 4.96. The van der Waals surface area contributed by atoms with Crippen molar-refractivity contribution in [3.8, 4) is 0 Å². The van der Waals surface area contributed by atoms with Crippen LogP contribution in [0.2, 0.25) is 0 Å². The highest BCUT2D eigenvalue weighted by Crippen LogP contribution is 2.12. The number of nitrogens with one attached hydrogen (secondary N) is 1. The van der Waals surface area contributed by atoms with Crippen LogP contribution >= 0.6 is 12.2 Å². The molecule has 19 heavy (non-hydrogen) atoms. The van der Waals surface area contributed by atoms with Gasteiger partial charge in [-0.2, -0.15) is 0 Å². The third kappa shape index (κ3) is 4.06. The zero-order valence-corrected chi connectivity index (χ0v) is 12.5. The summed E-state index contributed by atoms with van der Waals surface area (Å²) >= 11 is 5.43. The Morgan fingerprint density at radius 1 is 1.32 bits per heavy atom. The van der Waals surface area contributed by atoms with E-state index in [1.165, 1.54) is 0 Å². The molecular weight excluding hydrogens is 256 g/mol. The van der Waals surface area contributed by atoms with Crippen LogP contribution in [0.4, 0.5) is 5.82 Å². The predicted molar refractivity (Wildman–Crippen MR) is 83.5 cm³/mol. The maximum atomic E-state index is 5.43. The minimum atomic E-state index is 0.618. The number of thiocarbonyl (C=S) groups is 1. The number of piperazine rings is 1. The summed E-state index contributed by atoms with van der Waals surface area (Å²) in [4.78, 5) is 8.95. The number of hydrogen-bond donors (Lipinski definition) is 1. The lowest BCUT2D eigenvalue weighted by molar-refractivity contribution is 0.376. The van der Waals surface area contributed by atoms with Crippen molar-refractivity contribution in [2.24, 2.45) is 5.92 Å². The lowest BCUT2D eigenvalue weighted by atomic mass is 10.2. The van der Waals surface area contributed by atoms with Crippen LogP contribution in [-0.2, 0) is 0 Å². The van der Waals surface area contributed by atoms with Crippen LogP contribution in [0.1, 0.15) is 13.8 Å². The fourth-order valence-electron chi connectivity index (χ4n) is 2.08. The second-order valence-electron chi connectivity index (χ2n) is 5.24. The SMILES string of the molecule is CC(C)CNC(=S)N1CCN(c2ccccn2)CC1. The van der Waals surface area contributed by atoms with Crippen LogP contribution in [0, 0.1) is 5.92 Å². The number of hydrogen-bond acceptors (Lipinski definition) is 3. The molecule has 1 aliphatic rings. The first-order valence-corrected chi connectivity index (χ1v) is 7.26. The first kappa shape index (κ1) is 14.1. The van der Waals surface area contributed by atoms with Gasteiger partial charge in [-0.25, -0.2) is 4.98 Å². The molecule has 104 valence electrons. The molecule has 1 N–H and O–H groups in total. The van der Waals surface area contributed by atoms with Crippen LogP contribution in [0.25, 0.3) is 0 Å². The summed E-state index contributed by atoms with van der Waals surface area (Å²) < 4.78 is 0. The third-order valence-corrected chi connectivity index (χ3v) is 3.60. The number of anilines is 1. The van der Waals surface area contributed by atoms with E-state index in [2.05, 4.69) is 40.0 Å². The predicted octanol–water partition coefficient (Wildman–Crippen LogP) is 1.73. The zero-order valence-electron chi connectivity index (χ0n) is 11.7. The van der Waals surface area contributed by atoms with Gasteiger partial charge < -0.3 is 15.1 Å². The average molecular weight is 278 g/mol. The van der Waals surface area contributed by atoms with Gasteiger partial charge in [-0.3, -0.25) is 0 Å². The largest absolute Gasteiger partial charge is 0.362 e. The van der Waals surface area contributed by atoms with Crippen molar-refractivity contribution < 1.29 is 0 Å². The highest BCUT2D eigenvalue weighted by atomic mass is 32.1. The van der Waals surface area contributed by atoms with E-state index < -0.39 is 0 Å². The van der Waals surface area contributed by atoms with E-state index in [0.29, 0.717) is 5.92 Å². The minimum absolute atomic E-state index is 0.618. The van der Waals surface area contributed by atoms with E-state index in [4.69, 9.17) is 12.2 Å². The summed E-state index contributed by atoms with van der Waals surface area (Å²) in [5.74, 6) is 1.68. The number of pyridine rings is 1. The van der Waals surface area contributed by atoms with Crippen molar-refractivity contribution in [3.05, 3.63) is 24.4 Å². The maximum absolute atomic E-state index is 5.43. The molecule has 2 rings (SSSR count). The van der Waals surface area contributed by atoms with E-state index in [9.17, 15) is 0 Å². The van der Waals surface area contributed by atoms with Gasteiger partial charge in [-0.05, 0) is 30.3 Å². The van der Waals surface area contributed by atoms with Gasteiger partial charge in [0.25, 0.3) is 0 Å². The Morgan fingerprint density at radius 3 is 2.63 bits per heavy atom. The second-order valence-corrected chi connectivity index (χ2v) is 5.63. The van der Waals surface area contributed by atoms with Crippen molar-refractivity contribution in [2.45, 2.75) is 13.8 Å². The van der Waals surface area contributed by atoms with Gasteiger partial charge in [-0.15, -0.1) is 0 Å². The van der Waals surface area contributed by atoms with E-state index in [1.807, 2.05) is 18.3 Å². The standard InChI is InChI=1S/C14H22N4S/c1-12(2)11-16-14(19)18-9-7-17(8-10-18)13-5-3-4-6-15-13/h3-6,12H,7-11H2,1-2H3,(H,16,19). The van der Waals surface area contributed by atoms with E-state index in [0.717, 1.165) is 43.7 Å². The van der Waals surface area contributed by atoms with E-state index in [1.54, 1.807) is 0 Å². The number of nitrogens with zero attached hydrogens (tertiary/aromatic N) is 3. The minimum Gasteiger partial charge on any atom is -0.362 e. The van der Waals surface area contributed by atoms with Gasteiger partial charge in [0.1, 0.15) is 5.82 Å². The molecule has 0 aromatic carbocycles. The molecule has 0 aliphatic carbocycles. The first-order chi connectivity index (χ1) is 9.16. The molecule has 0 atom stereocenters. The Morgan fingerprint density at radius 2 is 2.05 bits per heavy atom. The zero-order chi connectivity index (χ0) is 13.7. The molecule has 1 aliphatic heterocycles. The summed E-state index contributed by atoms with van der Waals surface area (Å²) in [6.45, 7) is 9.19. The summed E-state index contributed by atoms with van der Waals surface area (Å²) in [6, 6.07) is 6.04. The van der Waals surface area contributed by atoms with Crippen LogP contribution in [0.5, 0.6) is 0 Å². The molecule has 5 heteroatoms. The van der Waals surface area contributed by atoms with Gasteiger partial charge in [0.2, 0.25) is 0 Å². The van der Waals surface area contributed by atoms with Gasteiger partial charge in [0.05, 0.1) is 0 Å². The molecule has 0 bridgehead atoms. The molecule has 1 fully saturated rings. The number of rotatable bonds is 3. The highest BCUT2D eigenvalue weighted by molar-refractivity contribution is 7.80. The molecular formula is C14H22N4S. The van der Waals surface area contributed by atoms with Gasteiger partial charge >= 0.3 is 0 Å². The van der Waals surface area contributed by atoms with Crippen LogP contribution < -0.4 is 10.2 Å². The monoisotopic (exact) mass is 278 g/mol. The van der Waals surface area contributed by atoms with E-state index in [-0.39, 0.29) is 0 Å². The molecule has 0 unspecified atom stereocenters. The topological polar surface area (TPSA) is 31.4 Å². The smallest absolute Gasteiger partial charge is 0.169 e. The quantitative estimate of drug-likeness (QED) is 0.851. The van der Waals surface area contributed by atoms with Gasteiger partial charge in [0.15, 0.2) is 5.11 Å². The van der Waals surface area contributed by atoms with Crippen LogP contribution in [0.15, 0.2) is 24.4 Å². The molecule has 0 amide bonds. The Bertz CT molecular complexity index is 399. The molecule has 0 saturated carbocycles. The maximum Gasteiger partial charge on any atom is 0.169 e. The molecule has 4 nitrogen and oxygen atoms in total. The molecule has 1 aromatic rings. The van der Waals surface area contributed by atoms with Crippen LogP contribution in [-0.4, -0.2) is 47.7 Å². The molecule has 1 saturated heterocycles. The Balaban J connectivity index is 1.81. The third-order valence-electron chi connectivity index (χ3n) is 3.20. The molecule has 1 aromatic heterocycles. The van der Waals surface area contributed by atoms with Crippen LogP contribution in [0.3, 0.4) is 0 Å². The Labute approximate surface area is 120 Å². The first-order valence-electron chi connectivity index (χ1n) is 6.85. The highest BCUT2D eigenvalue weighted by Gasteiger charge is 2.19. The molecule has 0 spiro atoms. The normalized spacial score (nSPS) is 15.7. The lowest BCUT2D eigenvalue weighted by Gasteiger charge is -2.37. The second kappa shape index (κ2) is 6.70. The van der Waals surface area contributed by atoms with Crippen molar-refractivity contribution in [1.82, 2.24) is 15.2 Å². The number of aromatic nitrogens is 1. The Hall–Kier alpha value is -1.36. The van der Waals surface area contributed by atoms with E-state index >= 15 is 0 Å². The summed E-state index contributed by atoms with van der Waals surface area (Å²) in [5, 5.41) is 4.21. The summed E-state index contributed by atoms with van der Waals surface area (Å²) in [5.41, 5.74) is 0. The average Bonchev–Trinajstić information content (AvgIpc) is 2.46. The van der Waals surface area contributed by atoms with Crippen molar-refractivity contribution in [3.63, 3.8) is 0 Å².